The second kappa shape index (κ2) is 3.80. The highest BCUT2D eigenvalue weighted by Crippen LogP contribution is 2.37. The van der Waals surface area contributed by atoms with Crippen LogP contribution in [-0.4, -0.2) is 30.6 Å². The van der Waals surface area contributed by atoms with Crippen molar-refractivity contribution in [2.24, 2.45) is 0 Å². The molecule has 86 valence electrons. The Morgan fingerprint density at radius 3 is 3.12 bits per heavy atom. The van der Waals surface area contributed by atoms with E-state index < -0.39 is 11.6 Å². The lowest BCUT2D eigenvalue weighted by atomic mass is 10.1. The topological polar surface area (TPSA) is 15.3 Å². The largest absolute Gasteiger partial charge is 0.381 e. The average Bonchev–Trinajstić information content (AvgIpc) is 2.33. The molecule has 2 aliphatic rings. The molecule has 0 saturated carbocycles. The molecule has 16 heavy (non-hydrogen) atoms. The molecule has 0 spiro atoms. The van der Waals surface area contributed by atoms with Crippen LogP contribution in [0.2, 0.25) is 0 Å². The van der Waals surface area contributed by atoms with Gasteiger partial charge in [-0.25, -0.2) is 8.78 Å². The third-order valence-corrected chi connectivity index (χ3v) is 4.20. The van der Waals surface area contributed by atoms with Crippen LogP contribution >= 0.6 is 11.8 Å². The van der Waals surface area contributed by atoms with Gasteiger partial charge in [0.25, 0.3) is 0 Å². The van der Waals surface area contributed by atoms with Crippen molar-refractivity contribution in [2.45, 2.75) is 6.04 Å². The standard InChI is InChI=1S/C11H12F2N2S/c12-8-1-2-9-11(10(8)13)15-3-4-16-6-7(15)5-14-9/h1-2,7,14H,3-6H2. The van der Waals surface area contributed by atoms with E-state index in [0.717, 1.165) is 24.6 Å². The van der Waals surface area contributed by atoms with Crippen molar-refractivity contribution in [1.29, 1.82) is 0 Å². The van der Waals surface area contributed by atoms with Crippen LogP contribution in [0.1, 0.15) is 0 Å². The lowest BCUT2D eigenvalue weighted by molar-refractivity contribution is 0.500. The molecule has 0 amide bonds. The monoisotopic (exact) mass is 242 g/mol. The maximum Gasteiger partial charge on any atom is 0.184 e. The van der Waals surface area contributed by atoms with Crippen LogP contribution in [0.5, 0.6) is 0 Å². The summed E-state index contributed by atoms with van der Waals surface area (Å²) in [5, 5.41) is 3.17. The minimum atomic E-state index is -0.764. The third-order valence-electron chi connectivity index (χ3n) is 3.11. The molecule has 2 aliphatic heterocycles. The van der Waals surface area contributed by atoms with Crippen molar-refractivity contribution < 1.29 is 8.78 Å². The molecule has 1 unspecified atom stereocenters. The lowest BCUT2D eigenvalue weighted by Crippen LogP contribution is -2.49. The van der Waals surface area contributed by atoms with Gasteiger partial charge >= 0.3 is 0 Å². The van der Waals surface area contributed by atoms with E-state index in [-0.39, 0.29) is 6.04 Å². The fourth-order valence-electron chi connectivity index (χ4n) is 2.31. The van der Waals surface area contributed by atoms with Crippen LogP contribution in [0.3, 0.4) is 0 Å². The normalized spacial score (nSPS) is 23.4. The Morgan fingerprint density at radius 2 is 2.25 bits per heavy atom. The van der Waals surface area contributed by atoms with Crippen LogP contribution in [0.4, 0.5) is 20.2 Å². The first-order valence-corrected chi connectivity index (χ1v) is 6.49. The van der Waals surface area contributed by atoms with E-state index in [1.54, 1.807) is 6.07 Å². The quantitative estimate of drug-likeness (QED) is 0.751. The zero-order chi connectivity index (χ0) is 11.1. The number of nitrogens with one attached hydrogen (secondary N) is 1. The molecular formula is C11H12F2N2S. The van der Waals surface area contributed by atoms with E-state index in [2.05, 4.69) is 5.32 Å². The zero-order valence-corrected chi connectivity index (χ0v) is 9.49. The minimum Gasteiger partial charge on any atom is -0.381 e. The Morgan fingerprint density at radius 1 is 1.38 bits per heavy atom. The molecule has 0 radical (unpaired) electrons. The van der Waals surface area contributed by atoms with E-state index in [1.807, 2.05) is 16.7 Å². The number of rotatable bonds is 0. The smallest absolute Gasteiger partial charge is 0.184 e. The first kappa shape index (κ1) is 10.2. The van der Waals surface area contributed by atoms with Gasteiger partial charge in [-0.05, 0) is 12.1 Å². The molecule has 0 aliphatic carbocycles. The molecule has 1 aromatic rings. The Labute approximate surface area is 97.0 Å². The highest BCUT2D eigenvalue weighted by atomic mass is 32.2. The molecule has 2 nitrogen and oxygen atoms in total. The maximum absolute atomic E-state index is 13.8. The number of thioether (sulfide) groups is 1. The van der Waals surface area contributed by atoms with Gasteiger partial charge in [-0.1, -0.05) is 0 Å². The molecule has 0 aromatic heterocycles. The molecule has 2 heterocycles. The molecule has 1 saturated heterocycles. The van der Waals surface area contributed by atoms with Crippen LogP contribution in [-0.2, 0) is 0 Å². The summed E-state index contributed by atoms with van der Waals surface area (Å²) in [4.78, 5) is 2.00. The second-order valence-corrected chi connectivity index (χ2v) is 5.21. The van der Waals surface area contributed by atoms with Gasteiger partial charge in [-0.2, -0.15) is 11.8 Å². The molecule has 1 atom stereocenters. The van der Waals surface area contributed by atoms with Gasteiger partial charge in [0.05, 0.1) is 17.4 Å². The van der Waals surface area contributed by atoms with Gasteiger partial charge in [-0.3, -0.25) is 0 Å². The van der Waals surface area contributed by atoms with Crippen LogP contribution < -0.4 is 10.2 Å². The van der Waals surface area contributed by atoms with E-state index in [1.165, 1.54) is 6.07 Å². The molecular weight excluding hydrogens is 230 g/mol. The van der Waals surface area contributed by atoms with E-state index in [4.69, 9.17) is 0 Å². The molecule has 1 aromatic carbocycles. The number of fused-ring (bicyclic) bond motifs is 3. The van der Waals surface area contributed by atoms with E-state index in [9.17, 15) is 8.78 Å². The molecule has 3 rings (SSSR count). The Hall–Kier alpha value is -0.970. The van der Waals surface area contributed by atoms with Crippen LogP contribution in [0.25, 0.3) is 0 Å². The Kier molecular flexibility index (Phi) is 2.42. The molecule has 1 fully saturated rings. The highest BCUT2D eigenvalue weighted by Gasteiger charge is 2.31. The van der Waals surface area contributed by atoms with Gasteiger partial charge in [0.15, 0.2) is 11.6 Å². The number of hydrogen-bond donors (Lipinski definition) is 1. The van der Waals surface area contributed by atoms with Crippen molar-refractivity contribution in [3.8, 4) is 0 Å². The van der Waals surface area contributed by atoms with E-state index >= 15 is 0 Å². The van der Waals surface area contributed by atoms with Crippen molar-refractivity contribution in [2.75, 3.05) is 34.8 Å². The van der Waals surface area contributed by atoms with Crippen LogP contribution in [0.15, 0.2) is 12.1 Å². The number of benzene rings is 1. The maximum atomic E-state index is 13.8. The van der Waals surface area contributed by atoms with Gasteiger partial charge in [-0.15, -0.1) is 0 Å². The Balaban J connectivity index is 2.09. The third kappa shape index (κ3) is 1.45. The summed E-state index contributed by atoms with van der Waals surface area (Å²) in [6.07, 6.45) is 0. The van der Waals surface area contributed by atoms with Crippen molar-refractivity contribution >= 4 is 23.1 Å². The SMILES string of the molecule is Fc1ccc2c(c1F)N1CCSCC1CN2. The van der Waals surface area contributed by atoms with Gasteiger partial charge < -0.3 is 10.2 Å². The van der Waals surface area contributed by atoms with E-state index in [0.29, 0.717) is 11.4 Å². The average molecular weight is 242 g/mol. The predicted molar refractivity (Wildman–Crippen MR) is 63.3 cm³/mol. The Bertz CT molecular complexity index is 425. The zero-order valence-electron chi connectivity index (χ0n) is 8.67. The first-order chi connectivity index (χ1) is 7.77. The molecule has 5 heteroatoms. The summed E-state index contributed by atoms with van der Waals surface area (Å²) < 4.78 is 27.0. The summed E-state index contributed by atoms with van der Waals surface area (Å²) >= 11 is 1.87. The van der Waals surface area contributed by atoms with Gasteiger partial charge in [0, 0.05) is 24.6 Å². The summed E-state index contributed by atoms with van der Waals surface area (Å²) in [7, 11) is 0. The van der Waals surface area contributed by atoms with Crippen LogP contribution in [0, 0.1) is 11.6 Å². The number of anilines is 2. The number of halogens is 2. The summed E-state index contributed by atoms with van der Waals surface area (Å²) in [6, 6.07) is 3.08. The first-order valence-electron chi connectivity index (χ1n) is 5.33. The van der Waals surface area contributed by atoms with Gasteiger partial charge in [0.2, 0.25) is 0 Å². The minimum absolute atomic E-state index is 0.280. The molecule has 1 N–H and O–H groups in total. The summed E-state index contributed by atoms with van der Waals surface area (Å²) in [6.45, 7) is 1.61. The highest BCUT2D eigenvalue weighted by molar-refractivity contribution is 7.99. The van der Waals surface area contributed by atoms with Crippen molar-refractivity contribution in [3.05, 3.63) is 23.8 Å². The van der Waals surface area contributed by atoms with Crippen molar-refractivity contribution in [3.63, 3.8) is 0 Å². The summed E-state index contributed by atoms with van der Waals surface area (Å²) in [5.74, 6) is 0.468. The fourth-order valence-corrected chi connectivity index (χ4v) is 3.37. The lowest BCUT2D eigenvalue weighted by Gasteiger charge is -2.42. The predicted octanol–water partition coefficient (Wildman–Crippen LogP) is 2.31. The summed E-state index contributed by atoms with van der Waals surface area (Å²) in [5.41, 5.74) is 1.12. The second-order valence-electron chi connectivity index (χ2n) is 4.06. The van der Waals surface area contributed by atoms with Gasteiger partial charge in [0.1, 0.15) is 0 Å². The van der Waals surface area contributed by atoms with Crippen molar-refractivity contribution in [1.82, 2.24) is 0 Å². The number of hydrogen-bond acceptors (Lipinski definition) is 3. The fraction of sp³-hybridized carbons (Fsp3) is 0.455. The molecule has 0 bridgehead atoms. The number of nitrogens with zero attached hydrogens (tertiary/aromatic N) is 1.